The maximum atomic E-state index is 12.7. The third-order valence-corrected chi connectivity index (χ3v) is 8.07. The van der Waals surface area contributed by atoms with Gasteiger partial charge in [-0.05, 0) is 73.4 Å². The fraction of sp³-hybridized carbons (Fsp3) is 0.438. The zero-order valence-electron chi connectivity index (χ0n) is 24.8. The number of hydrogen-bond acceptors (Lipinski definition) is 8. The number of aromatic nitrogens is 4. The van der Waals surface area contributed by atoms with E-state index in [2.05, 4.69) is 22.3 Å². The Kier molecular flexibility index (Phi) is 7.97. The second-order valence-corrected chi connectivity index (χ2v) is 11.6. The van der Waals surface area contributed by atoms with Gasteiger partial charge in [0.05, 0.1) is 13.3 Å². The number of ether oxygens (including phenoxy) is 2. The van der Waals surface area contributed by atoms with Crippen LogP contribution in [-0.2, 0) is 11.3 Å². The molecule has 0 bridgehead atoms. The molecule has 1 aliphatic carbocycles. The van der Waals surface area contributed by atoms with Crippen molar-refractivity contribution in [1.82, 2.24) is 24.9 Å². The number of rotatable bonds is 10. The molecule has 220 valence electrons. The molecule has 1 N–H and O–H groups in total. The zero-order valence-corrected chi connectivity index (χ0v) is 24.8. The Balaban J connectivity index is 1.40. The highest BCUT2D eigenvalue weighted by Crippen LogP contribution is 2.31. The van der Waals surface area contributed by atoms with Crippen LogP contribution >= 0.6 is 0 Å². The Hall–Kier alpha value is -4.18. The number of aryl methyl sites for hydroxylation is 1. The molecule has 1 aliphatic heterocycles. The Morgan fingerprint density at radius 2 is 1.83 bits per heavy atom. The summed E-state index contributed by atoms with van der Waals surface area (Å²) in [5.41, 5.74) is 5.37. The maximum absolute atomic E-state index is 12.7. The van der Waals surface area contributed by atoms with E-state index in [9.17, 15) is 4.79 Å². The van der Waals surface area contributed by atoms with Gasteiger partial charge >= 0.3 is 0 Å². The van der Waals surface area contributed by atoms with Crippen LogP contribution in [0.2, 0.25) is 0 Å². The highest BCUT2D eigenvalue weighted by atomic mass is 16.5. The van der Waals surface area contributed by atoms with Crippen molar-refractivity contribution in [3.8, 4) is 16.9 Å². The van der Waals surface area contributed by atoms with Gasteiger partial charge in [-0.2, -0.15) is 19.6 Å². The molecular formula is C32H39N7O3. The van der Waals surface area contributed by atoms with E-state index in [1.54, 1.807) is 7.11 Å². The molecule has 4 aromatic rings. The molecule has 0 radical (unpaired) electrons. The highest BCUT2D eigenvalue weighted by Gasteiger charge is 2.26. The lowest BCUT2D eigenvalue weighted by Gasteiger charge is -2.31. The summed E-state index contributed by atoms with van der Waals surface area (Å²) in [4.78, 5) is 26.9. The molecule has 0 atom stereocenters. The number of carbonyl (C=O) groups excluding carboxylic acids is 1. The quantitative estimate of drug-likeness (QED) is 0.298. The van der Waals surface area contributed by atoms with Gasteiger partial charge in [-0.25, -0.2) is 0 Å². The lowest BCUT2D eigenvalue weighted by atomic mass is 9.99. The van der Waals surface area contributed by atoms with Crippen LogP contribution in [0.3, 0.4) is 0 Å². The standard InChI is InChI=1S/C32H39N7O3/c1-21-17-24(7-12-27(21)30(40)34-25-8-9-25)28-18-33-39-29(28)35-31(37(2)3)36-32(39)38(20-23-13-15-42-16-14-23)19-22-5-10-26(41-4)11-6-22/h5-7,10-12,17-18,23,25H,8-9,13-16,19-20H2,1-4H3,(H,34,40). The summed E-state index contributed by atoms with van der Waals surface area (Å²) in [5.74, 6) is 2.66. The van der Waals surface area contributed by atoms with Crippen LogP contribution in [0.5, 0.6) is 5.75 Å². The first-order chi connectivity index (χ1) is 20.4. The maximum Gasteiger partial charge on any atom is 0.251 e. The summed E-state index contributed by atoms with van der Waals surface area (Å²) in [5, 5.41) is 7.91. The third-order valence-electron chi connectivity index (χ3n) is 8.07. The molecule has 0 spiro atoms. The molecule has 1 saturated heterocycles. The van der Waals surface area contributed by atoms with Crippen LogP contribution in [-0.4, -0.2) is 72.5 Å². The van der Waals surface area contributed by atoms with Crippen molar-refractivity contribution in [2.75, 3.05) is 50.8 Å². The predicted molar refractivity (Wildman–Crippen MR) is 163 cm³/mol. The van der Waals surface area contributed by atoms with E-state index in [1.807, 2.05) is 67.0 Å². The van der Waals surface area contributed by atoms with Crippen LogP contribution in [0.1, 0.15) is 47.2 Å². The molecule has 3 heterocycles. The summed E-state index contributed by atoms with van der Waals surface area (Å²) in [7, 11) is 5.59. The van der Waals surface area contributed by atoms with Crippen LogP contribution in [0, 0.1) is 12.8 Å². The van der Waals surface area contributed by atoms with E-state index in [0.717, 1.165) is 85.0 Å². The van der Waals surface area contributed by atoms with Gasteiger partial charge in [0.15, 0.2) is 5.65 Å². The van der Waals surface area contributed by atoms with Crippen LogP contribution in [0.4, 0.5) is 11.9 Å². The topological polar surface area (TPSA) is 97.1 Å². The molecule has 2 aliphatic rings. The zero-order chi connectivity index (χ0) is 29.2. The fourth-order valence-corrected chi connectivity index (χ4v) is 5.45. The van der Waals surface area contributed by atoms with Gasteiger partial charge in [-0.3, -0.25) is 4.79 Å². The first-order valence-corrected chi connectivity index (χ1v) is 14.7. The monoisotopic (exact) mass is 569 g/mol. The number of nitrogens with one attached hydrogen (secondary N) is 1. The van der Waals surface area contributed by atoms with Crippen molar-refractivity contribution < 1.29 is 14.3 Å². The molecule has 10 heteroatoms. The molecule has 42 heavy (non-hydrogen) atoms. The van der Waals surface area contributed by atoms with E-state index in [4.69, 9.17) is 24.5 Å². The summed E-state index contributed by atoms with van der Waals surface area (Å²) in [6, 6.07) is 14.4. The van der Waals surface area contributed by atoms with Crippen LogP contribution < -0.4 is 19.9 Å². The normalized spacial score (nSPS) is 15.5. The molecule has 10 nitrogen and oxygen atoms in total. The average molecular weight is 570 g/mol. The van der Waals surface area contributed by atoms with E-state index < -0.39 is 0 Å². The second-order valence-electron chi connectivity index (χ2n) is 11.6. The van der Waals surface area contributed by atoms with Crippen LogP contribution in [0.15, 0.2) is 48.7 Å². The molecular weight excluding hydrogens is 530 g/mol. The Bertz CT molecular complexity index is 1560. The van der Waals surface area contributed by atoms with Crippen LogP contribution in [0.25, 0.3) is 16.8 Å². The van der Waals surface area contributed by atoms with Gasteiger partial charge in [0, 0.05) is 57.6 Å². The molecule has 6 rings (SSSR count). The number of nitrogens with zero attached hydrogens (tertiary/aromatic N) is 6. The average Bonchev–Trinajstić information content (AvgIpc) is 3.71. The fourth-order valence-electron chi connectivity index (χ4n) is 5.45. The van der Waals surface area contributed by atoms with Gasteiger partial charge < -0.3 is 24.6 Å². The lowest BCUT2D eigenvalue weighted by Crippen LogP contribution is -2.34. The van der Waals surface area contributed by atoms with E-state index in [1.165, 1.54) is 0 Å². The number of methoxy groups -OCH3 is 1. The van der Waals surface area contributed by atoms with Crippen molar-refractivity contribution in [1.29, 1.82) is 0 Å². The molecule has 1 saturated carbocycles. The van der Waals surface area contributed by atoms with Crippen molar-refractivity contribution in [2.45, 2.75) is 45.2 Å². The largest absolute Gasteiger partial charge is 0.497 e. The lowest BCUT2D eigenvalue weighted by molar-refractivity contribution is 0.0680. The van der Waals surface area contributed by atoms with Gasteiger partial charge in [-0.1, -0.05) is 24.3 Å². The Morgan fingerprint density at radius 1 is 1.07 bits per heavy atom. The summed E-state index contributed by atoms with van der Waals surface area (Å²) in [6.07, 6.45) is 6.00. The van der Waals surface area contributed by atoms with Gasteiger partial charge in [-0.15, -0.1) is 0 Å². The Labute approximate surface area is 246 Å². The number of hydrogen-bond donors (Lipinski definition) is 1. The number of amides is 1. The molecule has 1 amide bonds. The third kappa shape index (κ3) is 6.04. The van der Waals surface area contributed by atoms with Crippen molar-refractivity contribution >= 4 is 23.5 Å². The predicted octanol–water partition coefficient (Wildman–Crippen LogP) is 4.50. The highest BCUT2D eigenvalue weighted by molar-refractivity contribution is 5.97. The van der Waals surface area contributed by atoms with Crippen molar-refractivity contribution in [3.63, 3.8) is 0 Å². The van der Waals surface area contributed by atoms with Gasteiger partial charge in [0.1, 0.15) is 5.75 Å². The molecule has 2 aromatic heterocycles. The Morgan fingerprint density at radius 3 is 2.50 bits per heavy atom. The number of fused-ring (bicyclic) bond motifs is 1. The minimum atomic E-state index is -0.0109. The summed E-state index contributed by atoms with van der Waals surface area (Å²) < 4.78 is 12.9. The number of carbonyl (C=O) groups is 1. The smallest absolute Gasteiger partial charge is 0.251 e. The second kappa shape index (κ2) is 12.0. The minimum absolute atomic E-state index is 0.0109. The molecule has 2 fully saturated rings. The SMILES string of the molecule is COc1ccc(CN(CC2CCOCC2)c2nc(N(C)C)nc3c(-c4ccc(C(=O)NC5CC5)c(C)c4)cnn23)cc1. The molecule has 0 unspecified atom stereocenters. The molecule has 2 aromatic carbocycles. The van der Waals surface area contributed by atoms with E-state index in [0.29, 0.717) is 30.0 Å². The van der Waals surface area contributed by atoms with E-state index >= 15 is 0 Å². The van der Waals surface area contributed by atoms with Gasteiger partial charge in [0.25, 0.3) is 5.91 Å². The number of benzene rings is 2. The van der Waals surface area contributed by atoms with E-state index in [-0.39, 0.29) is 5.91 Å². The number of anilines is 2. The van der Waals surface area contributed by atoms with Crippen molar-refractivity contribution in [2.24, 2.45) is 5.92 Å². The summed E-state index contributed by atoms with van der Waals surface area (Å²) >= 11 is 0. The van der Waals surface area contributed by atoms with Crippen molar-refractivity contribution in [3.05, 3.63) is 65.4 Å². The first-order valence-electron chi connectivity index (χ1n) is 14.7. The summed E-state index contributed by atoms with van der Waals surface area (Å²) in [6.45, 7) is 5.03. The van der Waals surface area contributed by atoms with Gasteiger partial charge in [0.2, 0.25) is 11.9 Å². The minimum Gasteiger partial charge on any atom is -0.497 e. The first kappa shape index (κ1) is 28.0.